The molecule has 0 atom stereocenters. The number of hydrogen-bond donors (Lipinski definition) is 3. The molecule has 1 aromatic carbocycles. The highest BCUT2D eigenvalue weighted by Crippen LogP contribution is 2.16. The fourth-order valence-electron chi connectivity index (χ4n) is 1.94. The zero-order chi connectivity index (χ0) is 15.0. The van der Waals surface area contributed by atoms with E-state index in [1.54, 1.807) is 19.1 Å². The maximum atomic E-state index is 11.7. The van der Waals surface area contributed by atoms with Crippen LogP contribution in [0.1, 0.15) is 48.0 Å². The maximum absolute atomic E-state index is 11.7. The van der Waals surface area contributed by atoms with Crippen LogP contribution in [0.3, 0.4) is 0 Å². The first-order valence-corrected chi connectivity index (χ1v) is 6.88. The third kappa shape index (κ3) is 5.40. The molecule has 0 aliphatic carbocycles. The van der Waals surface area contributed by atoms with Gasteiger partial charge in [-0.05, 0) is 44.0 Å². The van der Waals surface area contributed by atoms with Crippen molar-refractivity contribution >= 4 is 17.6 Å². The average Bonchev–Trinajstić information content (AvgIpc) is 2.40. The number of rotatable bonds is 8. The molecule has 0 aromatic heterocycles. The van der Waals surface area contributed by atoms with E-state index in [4.69, 9.17) is 10.8 Å². The second kappa shape index (κ2) is 8.32. The molecule has 0 aliphatic heterocycles. The fourth-order valence-corrected chi connectivity index (χ4v) is 1.94. The highest BCUT2D eigenvalue weighted by molar-refractivity contribution is 5.94. The van der Waals surface area contributed by atoms with Crippen LogP contribution in [0.4, 0.5) is 5.69 Å². The Bertz CT molecular complexity index is 472. The first-order chi connectivity index (χ1) is 9.54. The van der Waals surface area contributed by atoms with Gasteiger partial charge in [-0.15, -0.1) is 0 Å². The molecule has 20 heavy (non-hydrogen) atoms. The van der Waals surface area contributed by atoms with Crippen molar-refractivity contribution in [3.05, 3.63) is 29.3 Å². The van der Waals surface area contributed by atoms with Crippen LogP contribution in [-0.4, -0.2) is 23.5 Å². The van der Waals surface area contributed by atoms with E-state index in [0.29, 0.717) is 24.2 Å². The van der Waals surface area contributed by atoms with Crippen molar-refractivity contribution in [2.24, 2.45) is 5.73 Å². The van der Waals surface area contributed by atoms with Crippen molar-refractivity contribution in [2.75, 3.05) is 11.9 Å². The summed E-state index contributed by atoms with van der Waals surface area (Å²) in [5.41, 5.74) is 6.82. The van der Waals surface area contributed by atoms with Crippen molar-refractivity contribution in [2.45, 2.75) is 39.0 Å². The number of carboxylic acids is 1. The number of carbonyl (C=O) groups excluding carboxylic acids is 1. The van der Waals surface area contributed by atoms with Crippen molar-refractivity contribution < 1.29 is 14.7 Å². The molecular formula is C15H22N2O3. The molecule has 1 amide bonds. The van der Waals surface area contributed by atoms with Crippen LogP contribution in [-0.2, 0) is 4.79 Å². The number of unbranched alkanes of at least 4 members (excludes halogenated alkanes) is 3. The lowest BCUT2D eigenvalue weighted by Crippen LogP contribution is -2.12. The number of amides is 1. The van der Waals surface area contributed by atoms with Gasteiger partial charge in [0.15, 0.2) is 0 Å². The quantitative estimate of drug-likeness (QED) is 0.637. The lowest BCUT2D eigenvalue weighted by atomic mass is 10.1. The third-order valence-corrected chi connectivity index (χ3v) is 3.11. The van der Waals surface area contributed by atoms with Crippen LogP contribution in [0.5, 0.6) is 0 Å². The van der Waals surface area contributed by atoms with Gasteiger partial charge in [-0.25, -0.2) is 4.79 Å². The van der Waals surface area contributed by atoms with Gasteiger partial charge in [-0.3, -0.25) is 4.79 Å². The molecule has 1 rings (SSSR count). The minimum atomic E-state index is -0.986. The van der Waals surface area contributed by atoms with E-state index < -0.39 is 5.97 Å². The fraction of sp³-hybridized carbons (Fsp3) is 0.467. The third-order valence-electron chi connectivity index (χ3n) is 3.11. The molecule has 4 N–H and O–H groups in total. The second-order valence-corrected chi connectivity index (χ2v) is 4.84. The van der Waals surface area contributed by atoms with Crippen LogP contribution < -0.4 is 11.1 Å². The Balaban J connectivity index is 2.46. The number of hydrogen-bond acceptors (Lipinski definition) is 3. The highest BCUT2D eigenvalue weighted by Gasteiger charge is 2.09. The van der Waals surface area contributed by atoms with Crippen LogP contribution in [0.2, 0.25) is 0 Å². The molecule has 0 bridgehead atoms. The molecule has 1 aromatic rings. The molecule has 5 nitrogen and oxygen atoms in total. The topological polar surface area (TPSA) is 92.4 Å². The van der Waals surface area contributed by atoms with Gasteiger partial charge in [0, 0.05) is 12.1 Å². The summed E-state index contributed by atoms with van der Waals surface area (Å²) in [7, 11) is 0. The molecule has 0 radical (unpaired) electrons. The van der Waals surface area contributed by atoms with Gasteiger partial charge in [0.1, 0.15) is 0 Å². The summed E-state index contributed by atoms with van der Waals surface area (Å²) in [6.45, 7) is 2.42. The van der Waals surface area contributed by atoms with Gasteiger partial charge in [-0.2, -0.15) is 0 Å². The zero-order valence-electron chi connectivity index (χ0n) is 11.8. The Kier molecular flexibility index (Phi) is 6.73. The smallest absolute Gasteiger partial charge is 0.336 e. The van der Waals surface area contributed by atoms with Gasteiger partial charge in [0.05, 0.1) is 5.56 Å². The minimum Gasteiger partial charge on any atom is -0.478 e. The van der Waals surface area contributed by atoms with Crippen LogP contribution >= 0.6 is 0 Å². The number of aromatic carboxylic acids is 1. The standard InChI is InChI=1S/C15H22N2O3/c1-11-7-8-12(10-13(11)15(19)20)17-14(18)6-4-2-3-5-9-16/h7-8,10H,2-6,9,16H2,1H3,(H,17,18)(H,19,20). The summed E-state index contributed by atoms with van der Waals surface area (Å²) in [5.74, 6) is -1.07. The number of nitrogens with one attached hydrogen (secondary N) is 1. The van der Waals surface area contributed by atoms with E-state index in [2.05, 4.69) is 5.32 Å². The lowest BCUT2D eigenvalue weighted by Gasteiger charge is -2.08. The van der Waals surface area contributed by atoms with Gasteiger partial charge >= 0.3 is 5.97 Å². The van der Waals surface area contributed by atoms with Gasteiger partial charge in [0.25, 0.3) is 0 Å². The predicted octanol–water partition coefficient (Wildman–Crippen LogP) is 2.54. The predicted molar refractivity (Wildman–Crippen MR) is 78.9 cm³/mol. The molecule has 5 heteroatoms. The van der Waals surface area contributed by atoms with Gasteiger partial charge in [0.2, 0.25) is 5.91 Å². The van der Waals surface area contributed by atoms with E-state index in [-0.39, 0.29) is 11.5 Å². The molecule has 0 saturated carbocycles. The van der Waals surface area contributed by atoms with E-state index in [1.807, 2.05) is 0 Å². The Morgan fingerprint density at radius 1 is 1.20 bits per heavy atom. The number of carbonyl (C=O) groups is 2. The Hall–Kier alpha value is -1.88. The van der Waals surface area contributed by atoms with E-state index in [0.717, 1.165) is 25.7 Å². The van der Waals surface area contributed by atoms with Crippen LogP contribution in [0, 0.1) is 6.92 Å². The molecule has 0 unspecified atom stereocenters. The SMILES string of the molecule is Cc1ccc(NC(=O)CCCCCCN)cc1C(=O)O. The number of benzene rings is 1. The molecular weight excluding hydrogens is 256 g/mol. The molecule has 0 heterocycles. The summed E-state index contributed by atoms with van der Waals surface area (Å²) in [5, 5.41) is 11.8. The van der Waals surface area contributed by atoms with Gasteiger partial charge < -0.3 is 16.2 Å². The van der Waals surface area contributed by atoms with E-state index in [9.17, 15) is 9.59 Å². The van der Waals surface area contributed by atoms with Crippen molar-refractivity contribution in [1.29, 1.82) is 0 Å². The van der Waals surface area contributed by atoms with Crippen molar-refractivity contribution in [3.8, 4) is 0 Å². The van der Waals surface area contributed by atoms with Gasteiger partial charge in [-0.1, -0.05) is 18.9 Å². The highest BCUT2D eigenvalue weighted by atomic mass is 16.4. The number of carboxylic acid groups (broad SMARTS) is 1. The minimum absolute atomic E-state index is 0.0852. The Morgan fingerprint density at radius 3 is 2.55 bits per heavy atom. The molecule has 0 fully saturated rings. The maximum Gasteiger partial charge on any atom is 0.336 e. The number of aryl methyl sites for hydroxylation is 1. The first-order valence-electron chi connectivity index (χ1n) is 6.88. The molecule has 0 saturated heterocycles. The average molecular weight is 278 g/mol. The molecule has 110 valence electrons. The van der Waals surface area contributed by atoms with Crippen LogP contribution in [0.15, 0.2) is 18.2 Å². The summed E-state index contributed by atoms with van der Waals surface area (Å²) in [6.07, 6.45) is 4.28. The zero-order valence-corrected chi connectivity index (χ0v) is 11.8. The normalized spacial score (nSPS) is 10.3. The summed E-state index contributed by atoms with van der Waals surface area (Å²) < 4.78 is 0. The number of anilines is 1. The number of nitrogens with two attached hydrogens (primary N) is 1. The van der Waals surface area contributed by atoms with Crippen molar-refractivity contribution in [3.63, 3.8) is 0 Å². The largest absolute Gasteiger partial charge is 0.478 e. The summed E-state index contributed by atoms with van der Waals surface area (Å²) in [6, 6.07) is 4.90. The van der Waals surface area contributed by atoms with E-state index in [1.165, 1.54) is 6.07 Å². The molecule has 0 aliphatic rings. The summed E-state index contributed by atoms with van der Waals surface area (Å²) >= 11 is 0. The van der Waals surface area contributed by atoms with E-state index >= 15 is 0 Å². The lowest BCUT2D eigenvalue weighted by molar-refractivity contribution is -0.116. The van der Waals surface area contributed by atoms with Crippen LogP contribution in [0.25, 0.3) is 0 Å². The Labute approximate surface area is 119 Å². The monoisotopic (exact) mass is 278 g/mol. The Morgan fingerprint density at radius 2 is 1.90 bits per heavy atom. The molecule has 0 spiro atoms. The second-order valence-electron chi connectivity index (χ2n) is 4.84. The summed E-state index contributed by atoms with van der Waals surface area (Å²) in [4.78, 5) is 22.7. The van der Waals surface area contributed by atoms with Crippen molar-refractivity contribution in [1.82, 2.24) is 0 Å². The first kappa shape index (κ1) is 16.2.